The molecule has 42 heavy (non-hydrogen) atoms. The lowest BCUT2D eigenvalue weighted by atomic mass is 10.00. The summed E-state index contributed by atoms with van der Waals surface area (Å²) >= 11 is 0. The number of rotatable bonds is 3. The highest BCUT2D eigenvalue weighted by Gasteiger charge is 2.06. The Balaban J connectivity index is 0.000000289. The summed E-state index contributed by atoms with van der Waals surface area (Å²) in [5.41, 5.74) is 7.50. The number of aromatic amines is 3. The summed E-state index contributed by atoms with van der Waals surface area (Å²) in [7, 11) is 0. The van der Waals surface area contributed by atoms with Crippen LogP contribution < -0.4 is 0 Å². The number of nitrogens with zero attached hydrogens (tertiary/aromatic N) is 2. The maximum atomic E-state index is 4.36. The number of aromatic nitrogens is 5. The summed E-state index contributed by atoms with van der Waals surface area (Å²) in [4.78, 5) is 10.7. The van der Waals surface area contributed by atoms with Crippen molar-refractivity contribution in [2.24, 2.45) is 0 Å². The predicted molar refractivity (Wildman–Crippen MR) is 187 cm³/mol. The van der Waals surface area contributed by atoms with E-state index in [2.05, 4.69) is 109 Å². The van der Waals surface area contributed by atoms with E-state index in [0.717, 1.165) is 5.52 Å². The van der Waals surface area contributed by atoms with Gasteiger partial charge in [0, 0.05) is 45.8 Å². The molecule has 0 unspecified atom stereocenters. The van der Waals surface area contributed by atoms with E-state index in [4.69, 9.17) is 0 Å². The Hall–Kier alpha value is -3.86. The zero-order valence-electron chi connectivity index (χ0n) is 28.1. The van der Waals surface area contributed by atoms with Gasteiger partial charge in [-0.25, -0.2) is 0 Å². The SMILES string of the molecule is CC.CC.CC.CC(C)c1cccc2[nH]ccc12.CC(C)c1cccc2[nH]ncc12.CC(C)c1nccc2[nH]ccc12. The van der Waals surface area contributed by atoms with Crippen molar-refractivity contribution < 1.29 is 0 Å². The van der Waals surface area contributed by atoms with Crippen LogP contribution in [0.5, 0.6) is 0 Å². The molecule has 5 nitrogen and oxygen atoms in total. The van der Waals surface area contributed by atoms with E-state index in [-0.39, 0.29) is 0 Å². The molecule has 0 amide bonds. The van der Waals surface area contributed by atoms with E-state index in [1.165, 1.54) is 44.0 Å². The lowest BCUT2D eigenvalue weighted by molar-refractivity contribution is 0.835. The molecule has 3 N–H and O–H groups in total. The first-order chi connectivity index (χ1) is 20.4. The first kappa shape index (κ1) is 36.2. The van der Waals surface area contributed by atoms with Crippen molar-refractivity contribution in [1.82, 2.24) is 25.1 Å². The number of nitrogens with one attached hydrogen (secondary N) is 3. The fourth-order valence-electron chi connectivity index (χ4n) is 4.57. The third kappa shape index (κ3) is 9.61. The van der Waals surface area contributed by atoms with E-state index >= 15 is 0 Å². The normalized spacial score (nSPS) is 10.1. The largest absolute Gasteiger partial charge is 0.361 e. The molecular formula is C37H55N5. The van der Waals surface area contributed by atoms with Gasteiger partial charge < -0.3 is 9.97 Å². The van der Waals surface area contributed by atoms with E-state index in [1.54, 1.807) is 0 Å². The Bertz CT molecular complexity index is 1350. The quantitative estimate of drug-likeness (QED) is 0.198. The van der Waals surface area contributed by atoms with E-state index in [1.807, 2.05) is 78.5 Å². The number of benzene rings is 2. The van der Waals surface area contributed by atoms with Gasteiger partial charge in [0.1, 0.15) is 0 Å². The molecule has 6 aromatic rings. The second-order valence-electron chi connectivity index (χ2n) is 10.1. The molecule has 6 rings (SSSR count). The molecule has 4 aromatic heterocycles. The van der Waals surface area contributed by atoms with Crippen molar-refractivity contribution in [2.45, 2.75) is 101 Å². The third-order valence-corrected chi connectivity index (χ3v) is 6.45. The van der Waals surface area contributed by atoms with Crippen LogP contribution >= 0.6 is 0 Å². The molecule has 0 fully saturated rings. The van der Waals surface area contributed by atoms with E-state index in [9.17, 15) is 0 Å². The summed E-state index contributed by atoms with van der Waals surface area (Å²) in [5, 5.41) is 10.8. The molecule has 5 heteroatoms. The van der Waals surface area contributed by atoms with Crippen LogP contribution in [0.25, 0.3) is 32.7 Å². The molecule has 0 saturated heterocycles. The summed E-state index contributed by atoms with van der Waals surface area (Å²) in [6.07, 6.45) is 7.70. The van der Waals surface area contributed by atoms with Crippen LogP contribution in [0.2, 0.25) is 0 Å². The van der Waals surface area contributed by atoms with Crippen molar-refractivity contribution in [3.05, 3.63) is 96.2 Å². The maximum absolute atomic E-state index is 4.36. The molecule has 2 aromatic carbocycles. The van der Waals surface area contributed by atoms with Gasteiger partial charge in [-0.1, -0.05) is 107 Å². The summed E-state index contributed by atoms with van der Waals surface area (Å²) < 4.78 is 0. The summed E-state index contributed by atoms with van der Waals surface area (Å²) in [5.74, 6) is 1.65. The second-order valence-corrected chi connectivity index (χ2v) is 10.1. The highest BCUT2D eigenvalue weighted by molar-refractivity contribution is 5.84. The van der Waals surface area contributed by atoms with Crippen molar-refractivity contribution in [1.29, 1.82) is 0 Å². The first-order valence-electron chi connectivity index (χ1n) is 15.8. The van der Waals surface area contributed by atoms with Crippen LogP contribution in [0.4, 0.5) is 0 Å². The van der Waals surface area contributed by atoms with Gasteiger partial charge in [0.05, 0.1) is 17.4 Å². The highest BCUT2D eigenvalue weighted by Crippen LogP contribution is 2.25. The number of hydrogen-bond acceptors (Lipinski definition) is 2. The minimum Gasteiger partial charge on any atom is -0.361 e. The molecule has 0 atom stereocenters. The molecule has 0 bridgehead atoms. The molecule has 0 aliphatic heterocycles. The standard InChI is InChI=1S/C11H13N.2C10H12N2.3C2H6/c1-8(2)9-4-3-5-11-10(9)6-7-12-11;1-7(2)10-8-3-5-11-9(8)4-6-12-10;1-7(2)8-4-3-5-10-9(8)6-11-12-10;3*1-2/h3-8,12H,1-2H3;3-7,11H,1-2H3;3-7H,1-2H3,(H,11,12);3*1-2H3. The third-order valence-electron chi connectivity index (χ3n) is 6.45. The molecule has 0 spiro atoms. The minimum absolute atomic E-state index is 0.490. The Morgan fingerprint density at radius 1 is 0.524 bits per heavy atom. The van der Waals surface area contributed by atoms with Gasteiger partial charge in [0.2, 0.25) is 0 Å². The fraction of sp³-hybridized carbons (Fsp3) is 0.405. The topological polar surface area (TPSA) is 73.2 Å². The molecule has 0 aliphatic carbocycles. The van der Waals surface area contributed by atoms with Gasteiger partial charge in [-0.05, 0) is 59.2 Å². The molecule has 0 aliphatic rings. The minimum atomic E-state index is 0.490. The van der Waals surface area contributed by atoms with E-state index < -0.39 is 0 Å². The van der Waals surface area contributed by atoms with Gasteiger partial charge in [0.25, 0.3) is 0 Å². The molecule has 0 radical (unpaired) electrons. The van der Waals surface area contributed by atoms with Crippen LogP contribution in [-0.4, -0.2) is 25.1 Å². The fourth-order valence-corrected chi connectivity index (χ4v) is 4.57. The Kier molecular flexibility index (Phi) is 16.6. The van der Waals surface area contributed by atoms with Crippen molar-refractivity contribution in [2.75, 3.05) is 0 Å². The number of H-pyrrole nitrogens is 3. The van der Waals surface area contributed by atoms with Crippen LogP contribution in [0.1, 0.15) is 118 Å². The van der Waals surface area contributed by atoms with Gasteiger partial charge in [-0.15, -0.1) is 0 Å². The lowest BCUT2D eigenvalue weighted by Crippen LogP contribution is -1.91. The van der Waals surface area contributed by atoms with Gasteiger partial charge in [-0.3, -0.25) is 10.1 Å². The lowest BCUT2D eigenvalue weighted by Gasteiger charge is -2.05. The molecule has 228 valence electrons. The van der Waals surface area contributed by atoms with E-state index in [0.29, 0.717) is 17.8 Å². The predicted octanol–water partition coefficient (Wildman–Crippen LogP) is 11.7. The number of fused-ring (bicyclic) bond motifs is 3. The van der Waals surface area contributed by atoms with Crippen LogP contribution in [0.3, 0.4) is 0 Å². The zero-order chi connectivity index (χ0) is 31.7. The Morgan fingerprint density at radius 3 is 1.57 bits per heavy atom. The smallest absolute Gasteiger partial charge is 0.0653 e. The Morgan fingerprint density at radius 2 is 1.02 bits per heavy atom. The average molecular weight is 570 g/mol. The average Bonchev–Trinajstić information content (AvgIpc) is 3.81. The second kappa shape index (κ2) is 19.3. The Labute approximate surface area is 254 Å². The van der Waals surface area contributed by atoms with Gasteiger partial charge in [0.15, 0.2) is 0 Å². The molecule has 0 saturated carbocycles. The van der Waals surface area contributed by atoms with Crippen molar-refractivity contribution in [3.8, 4) is 0 Å². The monoisotopic (exact) mass is 569 g/mol. The van der Waals surface area contributed by atoms with Crippen LogP contribution in [0.15, 0.2) is 79.4 Å². The number of pyridine rings is 1. The molecular weight excluding hydrogens is 514 g/mol. The number of hydrogen-bond donors (Lipinski definition) is 3. The highest BCUT2D eigenvalue weighted by atomic mass is 15.1. The zero-order valence-corrected chi connectivity index (χ0v) is 28.1. The van der Waals surface area contributed by atoms with Crippen LogP contribution in [0, 0.1) is 0 Å². The maximum Gasteiger partial charge on any atom is 0.0653 e. The molecule has 4 heterocycles. The van der Waals surface area contributed by atoms with Crippen molar-refractivity contribution in [3.63, 3.8) is 0 Å². The first-order valence-corrected chi connectivity index (χ1v) is 15.8. The summed E-state index contributed by atoms with van der Waals surface area (Å²) in [6, 6.07) is 18.9. The van der Waals surface area contributed by atoms with Gasteiger partial charge in [-0.2, -0.15) is 5.10 Å². The van der Waals surface area contributed by atoms with Crippen LogP contribution in [-0.2, 0) is 0 Å². The van der Waals surface area contributed by atoms with Crippen molar-refractivity contribution >= 4 is 32.7 Å². The van der Waals surface area contributed by atoms with Gasteiger partial charge >= 0.3 is 0 Å². The summed E-state index contributed by atoms with van der Waals surface area (Å²) in [6.45, 7) is 25.2.